The van der Waals surface area contributed by atoms with E-state index in [1.165, 1.54) is 32.8 Å². The van der Waals surface area contributed by atoms with Gasteiger partial charge in [-0.2, -0.15) is 0 Å². The number of carbonyl (C=O) groups is 3. The molecule has 0 aliphatic heterocycles. The molecular formula is C11H13N3O5. The van der Waals surface area contributed by atoms with Gasteiger partial charge in [-0.25, -0.2) is 4.98 Å². The van der Waals surface area contributed by atoms with E-state index >= 15 is 0 Å². The van der Waals surface area contributed by atoms with Crippen LogP contribution in [-0.2, 0) is 19.1 Å². The molecule has 19 heavy (non-hydrogen) atoms. The molecule has 0 aromatic carbocycles. The third-order valence-corrected chi connectivity index (χ3v) is 2.16. The van der Waals surface area contributed by atoms with Gasteiger partial charge >= 0.3 is 11.9 Å². The first-order valence-electron chi connectivity index (χ1n) is 5.27. The minimum absolute atomic E-state index is 0.0234. The molecule has 8 heteroatoms. The lowest BCUT2D eigenvalue weighted by atomic mass is 10.3. The van der Waals surface area contributed by atoms with Crippen LogP contribution in [0.4, 0.5) is 0 Å². The number of rotatable bonds is 5. The quantitative estimate of drug-likeness (QED) is 0.648. The molecule has 0 saturated heterocycles. The van der Waals surface area contributed by atoms with Gasteiger partial charge in [-0.1, -0.05) is 0 Å². The molecule has 0 radical (unpaired) electrons. The normalized spacial score (nSPS) is 9.58. The number of carbonyl (C=O) groups excluding carboxylic acids is 3. The van der Waals surface area contributed by atoms with Gasteiger partial charge in [0.2, 0.25) is 0 Å². The molecule has 8 nitrogen and oxygen atoms in total. The predicted molar refractivity (Wildman–Crippen MR) is 62.0 cm³/mol. The second kappa shape index (κ2) is 7.04. The Labute approximate surface area is 109 Å². The predicted octanol–water partition coefficient (Wildman–Crippen LogP) is -0.735. The highest BCUT2D eigenvalue weighted by Crippen LogP contribution is 2.01. The van der Waals surface area contributed by atoms with Crippen molar-refractivity contribution in [2.45, 2.75) is 0 Å². The van der Waals surface area contributed by atoms with Gasteiger partial charge in [0.25, 0.3) is 5.91 Å². The number of nitrogens with zero attached hydrogens (tertiary/aromatic N) is 3. The van der Waals surface area contributed by atoms with Crippen LogP contribution in [0.3, 0.4) is 0 Å². The molecule has 1 aromatic heterocycles. The Balaban J connectivity index is 2.86. The minimum atomic E-state index is -0.652. The van der Waals surface area contributed by atoms with Crippen molar-refractivity contribution in [1.29, 1.82) is 0 Å². The van der Waals surface area contributed by atoms with Gasteiger partial charge in [0.1, 0.15) is 18.8 Å². The first-order valence-corrected chi connectivity index (χ1v) is 5.27. The van der Waals surface area contributed by atoms with Crippen molar-refractivity contribution in [2.24, 2.45) is 0 Å². The zero-order chi connectivity index (χ0) is 14.3. The van der Waals surface area contributed by atoms with Crippen molar-refractivity contribution in [1.82, 2.24) is 14.9 Å². The van der Waals surface area contributed by atoms with Crippen LogP contribution in [0.1, 0.15) is 10.5 Å². The van der Waals surface area contributed by atoms with E-state index in [4.69, 9.17) is 0 Å². The van der Waals surface area contributed by atoms with Crippen LogP contribution in [0.15, 0.2) is 18.6 Å². The van der Waals surface area contributed by atoms with Gasteiger partial charge in [0.05, 0.1) is 20.4 Å². The van der Waals surface area contributed by atoms with Gasteiger partial charge in [0.15, 0.2) is 0 Å². The number of methoxy groups -OCH3 is 2. The summed E-state index contributed by atoms with van der Waals surface area (Å²) in [7, 11) is 2.37. The fourth-order valence-corrected chi connectivity index (χ4v) is 1.21. The lowest BCUT2D eigenvalue weighted by Gasteiger charge is -2.19. The number of ether oxygens (including phenoxy) is 2. The van der Waals surface area contributed by atoms with E-state index in [1.54, 1.807) is 0 Å². The van der Waals surface area contributed by atoms with Gasteiger partial charge < -0.3 is 14.4 Å². The summed E-state index contributed by atoms with van der Waals surface area (Å²) in [5.41, 5.74) is 0.0234. The van der Waals surface area contributed by atoms with Gasteiger partial charge in [0, 0.05) is 12.4 Å². The third-order valence-electron chi connectivity index (χ3n) is 2.16. The van der Waals surface area contributed by atoms with E-state index in [1.807, 2.05) is 0 Å². The van der Waals surface area contributed by atoms with E-state index in [-0.39, 0.29) is 18.8 Å². The number of hydrogen-bond acceptors (Lipinski definition) is 7. The van der Waals surface area contributed by atoms with Crippen molar-refractivity contribution in [3.8, 4) is 0 Å². The number of hydrogen-bond donors (Lipinski definition) is 0. The molecule has 0 fully saturated rings. The standard InChI is InChI=1S/C11H13N3O5/c1-18-9(15)6-14(7-10(16)19-2)11(17)8-5-12-3-4-13-8/h3-5H,6-7H2,1-2H3. The minimum Gasteiger partial charge on any atom is -0.468 e. The highest BCUT2D eigenvalue weighted by atomic mass is 16.5. The van der Waals surface area contributed by atoms with E-state index in [2.05, 4.69) is 19.4 Å². The van der Waals surface area contributed by atoms with Crippen LogP contribution in [0.25, 0.3) is 0 Å². The molecule has 0 aliphatic carbocycles. The van der Waals surface area contributed by atoms with E-state index in [0.717, 1.165) is 4.90 Å². The highest BCUT2D eigenvalue weighted by Gasteiger charge is 2.23. The lowest BCUT2D eigenvalue weighted by Crippen LogP contribution is -2.40. The number of aromatic nitrogens is 2. The molecular weight excluding hydrogens is 254 g/mol. The topological polar surface area (TPSA) is 98.7 Å². The van der Waals surface area contributed by atoms with Gasteiger partial charge in [-0.15, -0.1) is 0 Å². The average molecular weight is 267 g/mol. The summed E-state index contributed by atoms with van der Waals surface area (Å²) in [5, 5.41) is 0. The molecule has 0 saturated carbocycles. The fraction of sp³-hybridized carbons (Fsp3) is 0.364. The Morgan fingerprint density at radius 3 is 2.11 bits per heavy atom. The van der Waals surface area contributed by atoms with Crippen LogP contribution in [-0.4, -0.2) is 60.0 Å². The second-order valence-electron chi connectivity index (χ2n) is 3.40. The molecule has 0 aliphatic rings. The molecule has 1 aromatic rings. The Bertz CT molecular complexity index is 445. The molecule has 102 valence electrons. The first-order chi connectivity index (χ1) is 9.08. The Morgan fingerprint density at radius 2 is 1.68 bits per heavy atom. The monoisotopic (exact) mass is 267 g/mol. The summed E-state index contributed by atoms with van der Waals surface area (Å²) in [6.45, 7) is -0.748. The SMILES string of the molecule is COC(=O)CN(CC(=O)OC)C(=O)c1cnccn1. The van der Waals surface area contributed by atoms with E-state index in [9.17, 15) is 14.4 Å². The maximum absolute atomic E-state index is 12.1. The van der Waals surface area contributed by atoms with Crippen molar-refractivity contribution < 1.29 is 23.9 Å². The van der Waals surface area contributed by atoms with Crippen molar-refractivity contribution in [3.63, 3.8) is 0 Å². The third kappa shape index (κ3) is 4.34. The second-order valence-corrected chi connectivity index (χ2v) is 3.40. The molecule has 0 N–H and O–H groups in total. The summed E-state index contributed by atoms with van der Waals surface area (Å²) >= 11 is 0. The van der Waals surface area contributed by atoms with Crippen LogP contribution in [0, 0.1) is 0 Å². The molecule has 1 rings (SSSR count). The van der Waals surface area contributed by atoms with E-state index < -0.39 is 17.8 Å². The summed E-state index contributed by atoms with van der Waals surface area (Å²) < 4.78 is 8.92. The van der Waals surface area contributed by atoms with Gasteiger partial charge in [-0.05, 0) is 0 Å². The Hall–Kier alpha value is -2.51. The molecule has 1 amide bonds. The highest BCUT2D eigenvalue weighted by molar-refractivity contribution is 5.95. The molecule has 0 unspecified atom stereocenters. The van der Waals surface area contributed by atoms with Crippen molar-refractivity contribution in [3.05, 3.63) is 24.3 Å². The summed E-state index contributed by atoms with van der Waals surface area (Å²) in [6.07, 6.45) is 3.98. The van der Waals surface area contributed by atoms with Crippen molar-refractivity contribution >= 4 is 17.8 Å². The summed E-state index contributed by atoms with van der Waals surface area (Å²) in [5.74, 6) is -1.91. The zero-order valence-electron chi connectivity index (χ0n) is 10.5. The van der Waals surface area contributed by atoms with Crippen LogP contribution >= 0.6 is 0 Å². The lowest BCUT2D eigenvalue weighted by molar-refractivity contribution is -0.144. The van der Waals surface area contributed by atoms with E-state index in [0.29, 0.717) is 0 Å². The Kier molecular flexibility index (Phi) is 5.39. The fourth-order valence-electron chi connectivity index (χ4n) is 1.21. The average Bonchev–Trinajstić information content (AvgIpc) is 2.46. The van der Waals surface area contributed by atoms with Crippen molar-refractivity contribution in [2.75, 3.05) is 27.3 Å². The maximum Gasteiger partial charge on any atom is 0.325 e. The molecule has 0 bridgehead atoms. The first kappa shape index (κ1) is 14.6. The smallest absolute Gasteiger partial charge is 0.325 e. The number of esters is 2. The molecule has 1 heterocycles. The molecule has 0 spiro atoms. The van der Waals surface area contributed by atoms with Crippen LogP contribution < -0.4 is 0 Å². The Morgan fingerprint density at radius 1 is 1.11 bits per heavy atom. The molecule has 0 atom stereocenters. The largest absolute Gasteiger partial charge is 0.468 e. The maximum atomic E-state index is 12.1. The number of amides is 1. The summed E-state index contributed by atoms with van der Waals surface area (Å²) in [6, 6.07) is 0. The van der Waals surface area contributed by atoms with Crippen LogP contribution in [0.2, 0.25) is 0 Å². The zero-order valence-corrected chi connectivity index (χ0v) is 10.5. The summed E-state index contributed by atoms with van der Waals surface area (Å²) in [4.78, 5) is 43.0. The van der Waals surface area contributed by atoms with Gasteiger partial charge in [-0.3, -0.25) is 19.4 Å². The van der Waals surface area contributed by atoms with Crippen LogP contribution in [0.5, 0.6) is 0 Å².